The SMILES string of the molecule is CN(C)CCCNC(=O)c1cc(NC(=O)c2ccccc2F)ccc1N(C)C. The summed E-state index contributed by atoms with van der Waals surface area (Å²) in [5, 5.41) is 5.56. The quantitative estimate of drug-likeness (QED) is 0.685. The summed E-state index contributed by atoms with van der Waals surface area (Å²) in [5.74, 6) is -1.37. The van der Waals surface area contributed by atoms with Crippen LogP contribution >= 0.6 is 0 Å². The van der Waals surface area contributed by atoms with Gasteiger partial charge in [-0.3, -0.25) is 9.59 Å². The standard InChI is InChI=1S/C21H27FN4O2/c1-25(2)13-7-12-23-20(27)17-14-15(10-11-19(17)26(3)4)24-21(28)16-8-5-6-9-18(16)22/h5-6,8-11,14H,7,12-13H2,1-4H3,(H,23,27)(H,24,28). The molecule has 2 amide bonds. The molecule has 28 heavy (non-hydrogen) atoms. The second-order valence-electron chi connectivity index (χ2n) is 6.97. The van der Waals surface area contributed by atoms with Gasteiger partial charge >= 0.3 is 0 Å². The molecular formula is C21H27FN4O2. The number of amides is 2. The molecule has 0 saturated carbocycles. The third kappa shape index (κ3) is 5.79. The van der Waals surface area contributed by atoms with Crippen molar-refractivity contribution in [3.8, 4) is 0 Å². The van der Waals surface area contributed by atoms with Crippen LogP contribution in [-0.2, 0) is 0 Å². The summed E-state index contributed by atoms with van der Waals surface area (Å²) in [4.78, 5) is 28.9. The normalized spacial score (nSPS) is 10.6. The van der Waals surface area contributed by atoms with E-state index in [4.69, 9.17) is 0 Å². The molecule has 0 heterocycles. The Morgan fingerprint density at radius 1 is 0.964 bits per heavy atom. The second-order valence-corrected chi connectivity index (χ2v) is 6.97. The zero-order valence-corrected chi connectivity index (χ0v) is 16.8. The Labute approximate surface area is 165 Å². The van der Waals surface area contributed by atoms with Gasteiger partial charge in [0.25, 0.3) is 11.8 Å². The number of halogens is 1. The number of anilines is 2. The number of rotatable bonds is 8. The van der Waals surface area contributed by atoms with Crippen LogP contribution in [0, 0.1) is 5.82 Å². The Kier molecular flexibility index (Phi) is 7.52. The summed E-state index contributed by atoms with van der Waals surface area (Å²) < 4.78 is 13.8. The number of hydrogen-bond donors (Lipinski definition) is 2. The van der Waals surface area contributed by atoms with Gasteiger partial charge in [0.1, 0.15) is 5.82 Å². The summed E-state index contributed by atoms with van der Waals surface area (Å²) >= 11 is 0. The first-order valence-electron chi connectivity index (χ1n) is 9.09. The van der Waals surface area contributed by atoms with Gasteiger partial charge in [0, 0.05) is 32.0 Å². The summed E-state index contributed by atoms with van der Waals surface area (Å²) in [6.45, 7) is 1.43. The lowest BCUT2D eigenvalue weighted by atomic mass is 10.1. The maximum Gasteiger partial charge on any atom is 0.258 e. The van der Waals surface area contributed by atoms with Gasteiger partial charge < -0.3 is 20.4 Å². The zero-order chi connectivity index (χ0) is 20.7. The molecule has 0 aromatic heterocycles. The van der Waals surface area contributed by atoms with E-state index >= 15 is 0 Å². The molecule has 0 saturated heterocycles. The highest BCUT2D eigenvalue weighted by Gasteiger charge is 2.16. The fourth-order valence-electron chi connectivity index (χ4n) is 2.72. The van der Waals surface area contributed by atoms with Gasteiger partial charge in [0.15, 0.2) is 0 Å². The van der Waals surface area contributed by atoms with E-state index in [1.165, 1.54) is 18.2 Å². The van der Waals surface area contributed by atoms with Crippen LogP contribution in [0.4, 0.5) is 15.8 Å². The monoisotopic (exact) mass is 386 g/mol. The molecule has 2 N–H and O–H groups in total. The van der Waals surface area contributed by atoms with E-state index in [0.29, 0.717) is 17.8 Å². The molecule has 6 nitrogen and oxygen atoms in total. The molecule has 0 unspecified atom stereocenters. The van der Waals surface area contributed by atoms with Crippen LogP contribution in [0.2, 0.25) is 0 Å². The lowest BCUT2D eigenvalue weighted by Gasteiger charge is -2.19. The van der Waals surface area contributed by atoms with E-state index < -0.39 is 11.7 Å². The van der Waals surface area contributed by atoms with Crippen LogP contribution in [0.1, 0.15) is 27.1 Å². The fraction of sp³-hybridized carbons (Fsp3) is 0.333. The van der Waals surface area contributed by atoms with Gasteiger partial charge in [-0.15, -0.1) is 0 Å². The predicted molar refractivity (Wildman–Crippen MR) is 111 cm³/mol. The minimum Gasteiger partial charge on any atom is -0.377 e. The third-order valence-electron chi connectivity index (χ3n) is 4.17. The van der Waals surface area contributed by atoms with Crippen molar-refractivity contribution < 1.29 is 14.0 Å². The van der Waals surface area contributed by atoms with Gasteiger partial charge in [0.2, 0.25) is 0 Å². The average molecular weight is 386 g/mol. The van der Waals surface area contributed by atoms with E-state index in [9.17, 15) is 14.0 Å². The number of hydrogen-bond acceptors (Lipinski definition) is 4. The predicted octanol–water partition coefficient (Wildman–Crippen LogP) is 2.83. The molecule has 7 heteroatoms. The van der Waals surface area contributed by atoms with Crippen molar-refractivity contribution in [3.05, 3.63) is 59.4 Å². The van der Waals surface area contributed by atoms with Crippen LogP contribution in [0.25, 0.3) is 0 Å². The lowest BCUT2D eigenvalue weighted by molar-refractivity contribution is 0.0951. The van der Waals surface area contributed by atoms with Crippen molar-refractivity contribution >= 4 is 23.2 Å². The third-order valence-corrected chi connectivity index (χ3v) is 4.17. The molecule has 2 aromatic rings. The van der Waals surface area contributed by atoms with Gasteiger partial charge in [-0.1, -0.05) is 12.1 Å². The van der Waals surface area contributed by atoms with Crippen molar-refractivity contribution in [2.75, 3.05) is 51.5 Å². The highest BCUT2D eigenvalue weighted by Crippen LogP contribution is 2.23. The van der Waals surface area contributed by atoms with E-state index in [0.717, 1.165) is 18.7 Å². The maximum atomic E-state index is 13.8. The Bertz CT molecular complexity index is 837. The van der Waals surface area contributed by atoms with Crippen LogP contribution in [0.15, 0.2) is 42.5 Å². The largest absolute Gasteiger partial charge is 0.377 e. The summed E-state index contributed by atoms with van der Waals surface area (Å²) in [7, 11) is 7.65. The van der Waals surface area contributed by atoms with Crippen molar-refractivity contribution in [2.24, 2.45) is 0 Å². The smallest absolute Gasteiger partial charge is 0.258 e. The van der Waals surface area contributed by atoms with Crippen LogP contribution in [0.5, 0.6) is 0 Å². The number of carbonyl (C=O) groups excluding carboxylic acids is 2. The Hall–Kier alpha value is -2.93. The minimum atomic E-state index is -0.594. The van der Waals surface area contributed by atoms with E-state index in [1.54, 1.807) is 24.3 Å². The lowest BCUT2D eigenvalue weighted by Crippen LogP contribution is -2.28. The van der Waals surface area contributed by atoms with Crippen molar-refractivity contribution in [3.63, 3.8) is 0 Å². The summed E-state index contributed by atoms with van der Waals surface area (Å²) in [6.07, 6.45) is 0.833. The van der Waals surface area contributed by atoms with Crippen LogP contribution in [-0.4, -0.2) is 58.0 Å². The van der Waals surface area contributed by atoms with Crippen LogP contribution < -0.4 is 15.5 Å². The summed E-state index contributed by atoms with van der Waals surface area (Å²) in [6, 6.07) is 10.8. The van der Waals surface area contributed by atoms with Gasteiger partial charge in [-0.25, -0.2) is 4.39 Å². The molecule has 0 aliphatic heterocycles. The zero-order valence-electron chi connectivity index (χ0n) is 16.8. The second kappa shape index (κ2) is 9.85. The van der Waals surface area contributed by atoms with Gasteiger partial charge in [-0.05, 0) is 57.4 Å². The van der Waals surface area contributed by atoms with Crippen molar-refractivity contribution in [1.29, 1.82) is 0 Å². The molecule has 150 valence electrons. The van der Waals surface area contributed by atoms with Gasteiger partial charge in [0.05, 0.1) is 11.1 Å². The van der Waals surface area contributed by atoms with Crippen molar-refractivity contribution in [2.45, 2.75) is 6.42 Å². The molecule has 2 rings (SSSR count). The van der Waals surface area contributed by atoms with Gasteiger partial charge in [-0.2, -0.15) is 0 Å². The number of benzene rings is 2. The molecule has 0 aliphatic carbocycles. The first-order chi connectivity index (χ1) is 13.3. The maximum absolute atomic E-state index is 13.8. The molecule has 0 atom stereocenters. The Morgan fingerprint density at radius 3 is 2.32 bits per heavy atom. The molecule has 0 bridgehead atoms. The Morgan fingerprint density at radius 2 is 1.68 bits per heavy atom. The minimum absolute atomic E-state index is 0.0473. The average Bonchev–Trinajstić information content (AvgIpc) is 2.65. The molecule has 0 spiro atoms. The molecule has 0 aliphatic rings. The van der Waals surface area contributed by atoms with Crippen molar-refractivity contribution in [1.82, 2.24) is 10.2 Å². The number of nitrogens with zero attached hydrogens (tertiary/aromatic N) is 2. The number of nitrogens with one attached hydrogen (secondary N) is 2. The first kappa shape index (κ1) is 21.4. The first-order valence-corrected chi connectivity index (χ1v) is 9.09. The summed E-state index contributed by atoms with van der Waals surface area (Å²) in [5.41, 5.74) is 1.56. The molecule has 2 aromatic carbocycles. The van der Waals surface area contributed by atoms with E-state index in [2.05, 4.69) is 15.5 Å². The molecule has 0 fully saturated rings. The molecule has 0 radical (unpaired) electrons. The fourth-order valence-corrected chi connectivity index (χ4v) is 2.72. The van der Waals surface area contributed by atoms with E-state index in [1.807, 2.05) is 33.1 Å². The Balaban J connectivity index is 2.17. The van der Waals surface area contributed by atoms with E-state index in [-0.39, 0.29) is 11.5 Å². The number of carbonyl (C=O) groups is 2. The highest BCUT2D eigenvalue weighted by atomic mass is 19.1. The highest BCUT2D eigenvalue weighted by molar-refractivity contribution is 6.06. The topological polar surface area (TPSA) is 64.7 Å². The molecular weight excluding hydrogens is 359 g/mol. The van der Waals surface area contributed by atoms with Crippen LogP contribution in [0.3, 0.4) is 0 Å².